The van der Waals surface area contributed by atoms with Crippen molar-refractivity contribution in [1.29, 1.82) is 4.78 Å². The van der Waals surface area contributed by atoms with E-state index in [1.807, 2.05) is 0 Å². The fraction of sp³-hybridized carbons (Fsp3) is 0.235. The van der Waals surface area contributed by atoms with Crippen LogP contribution >= 0.6 is 0 Å². The predicted octanol–water partition coefficient (Wildman–Crippen LogP) is 4.97. The maximum absolute atomic E-state index is 13.2. The summed E-state index contributed by atoms with van der Waals surface area (Å²) in [5.41, 5.74) is -0.0915. The highest BCUT2D eigenvalue weighted by Gasteiger charge is 2.34. The number of hydrogen-bond acceptors (Lipinski definition) is 5. The van der Waals surface area contributed by atoms with Crippen LogP contribution in [0.4, 0.5) is 17.6 Å². The van der Waals surface area contributed by atoms with E-state index >= 15 is 0 Å². The molecule has 5 nitrogen and oxygen atoms in total. The third-order valence-electron chi connectivity index (χ3n) is 3.20. The summed E-state index contributed by atoms with van der Waals surface area (Å²) in [5.74, 6) is -0.187. The van der Waals surface area contributed by atoms with Crippen molar-refractivity contribution in [3.05, 3.63) is 65.0 Å². The van der Waals surface area contributed by atoms with E-state index in [9.17, 15) is 17.6 Å². The Morgan fingerprint density at radius 3 is 2.19 bits per heavy atom. The number of hydrogen-bond donors (Lipinski definition) is 1. The summed E-state index contributed by atoms with van der Waals surface area (Å²) in [5, 5.41) is 3.81. The number of oxime groups is 1. The minimum absolute atomic E-state index is 0.0206. The fourth-order valence-corrected chi connectivity index (χ4v) is 2.05. The lowest BCUT2D eigenvalue weighted by Crippen LogP contribution is -2.14. The first-order valence-electron chi connectivity index (χ1n) is 7.52. The number of aryl methyl sites for hydroxylation is 1. The van der Waals surface area contributed by atoms with Gasteiger partial charge >= 0.3 is 16.7 Å². The van der Waals surface area contributed by atoms with Gasteiger partial charge in [0, 0.05) is 5.56 Å². The first-order valence-corrected chi connectivity index (χ1v) is 8.60. The summed E-state index contributed by atoms with van der Waals surface area (Å²) in [6.07, 6.45) is -4.22. The van der Waals surface area contributed by atoms with Crippen LogP contribution in [-0.4, -0.2) is 14.1 Å². The molecule has 27 heavy (non-hydrogen) atoms. The molecule has 0 fully saturated rings. The van der Waals surface area contributed by atoms with Gasteiger partial charge in [-0.15, -0.1) is 0 Å². The quantitative estimate of drug-likeness (QED) is 0.444. The Bertz CT molecular complexity index is 902. The van der Waals surface area contributed by atoms with Crippen molar-refractivity contribution in [2.24, 2.45) is 5.16 Å². The second-order valence-electron chi connectivity index (χ2n) is 5.22. The molecule has 0 aliphatic carbocycles. The van der Waals surface area contributed by atoms with Crippen molar-refractivity contribution in [2.45, 2.75) is 26.4 Å². The molecule has 0 heterocycles. The fourth-order valence-electron chi connectivity index (χ4n) is 2.05. The van der Waals surface area contributed by atoms with E-state index in [4.69, 9.17) is 18.0 Å². The number of alkyl halides is 3. The highest BCUT2D eigenvalue weighted by molar-refractivity contribution is 7.60. The highest BCUT2D eigenvalue weighted by atomic mass is 32.2. The van der Waals surface area contributed by atoms with Crippen molar-refractivity contribution in [3.8, 4) is 5.75 Å². The molecule has 0 saturated carbocycles. The summed E-state index contributed by atoms with van der Waals surface area (Å²) in [6.45, 7) is 3.28. The molecule has 0 amide bonds. The maximum Gasteiger partial charge on any atom is 0.417 e. The summed E-state index contributed by atoms with van der Waals surface area (Å²) in [7, 11) is -2.61. The molecule has 0 aliphatic heterocycles. The minimum Gasteiger partial charge on any atom is -0.357 e. The van der Waals surface area contributed by atoms with Crippen LogP contribution in [0.15, 0.2) is 47.6 Å². The Labute approximate surface area is 154 Å². The summed E-state index contributed by atoms with van der Waals surface area (Å²) in [6, 6.07) is 9.13. The zero-order chi connectivity index (χ0) is 20.6. The largest absolute Gasteiger partial charge is 0.417 e. The molecule has 1 N–H and O–H groups in total. The molecule has 2 aromatic rings. The molecule has 0 saturated heterocycles. The molecule has 0 bridgehead atoms. The van der Waals surface area contributed by atoms with Crippen LogP contribution in [0.2, 0.25) is 0 Å². The zero-order valence-corrected chi connectivity index (χ0v) is 15.2. The first kappa shape index (κ1) is 22.3. The molecule has 0 spiro atoms. The SMILES string of the molecule is CC/C(=N/Oc1ccc(F)cc1)c1ccc(C)cc1C(F)(F)F.N=S(=O)=O. The normalized spacial score (nSPS) is 11.4. The van der Waals surface area contributed by atoms with Gasteiger partial charge in [-0.1, -0.05) is 29.8 Å². The van der Waals surface area contributed by atoms with Crippen LogP contribution in [0.25, 0.3) is 0 Å². The van der Waals surface area contributed by atoms with Crippen molar-refractivity contribution >= 4 is 16.2 Å². The number of benzene rings is 2. The third-order valence-corrected chi connectivity index (χ3v) is 3.20. The molecule has 0 atom stereocenters. The second-order valence-corrected chi connectivity index (χ2v) is 5.69. The van der Waals surface area contributed by atoms with Gasteiger partial charge in [-0.25, -0.2) is 4.39 Å². The van der Waals surface area contributed by atoms with Gasteiger partial charge in [-0.05, 0) is 43.7 Å². The van der Waals surface area contributed by atoms with E-state index in [0.29, 0.717) is 5.56 Å². The molecule has 2 rings (SSSR count). The summed E-state index contributed by atoms with van der Waals surface area (Å²) >= 11 is 0. The number of rotatable bonds is 4. The number of nitrogens with one attached hydrogen (secondary N) is 1. The molecule has 10 heteroatoms. The van der Waals surface area contributed by atoms with Crippen LogP contribution in [0.5, 0.6) is 5.75 Å². The number of halogens is 4. The minimum atomic E-state index is -4.48. The van der Waals surface area contributed by atoms with Crippen LogP contribution in [0, 0.1) is 17.5 Å². The van der Waals surface area contributed by atoms with E-state index < -0.39 is 28.1 Å². The summed E-state index contributed by atoms with van der Waals surface area (Å²) < 4.78 is 75.2. The second kappa shape index (κ2) is 9.81. The lowest BCUT2D eigenvalue weighted by atomic mass is 9.99. The maximum atomic E-state index is 13.2. The standard InChI is InChI=1S/C17H15F4NO.HNO2S/c1-3-16(22-23-13-7-5-12(18)6-8-13)14-9-4-11(2)10-15(14)17(19,20)21;1-4(2)3/h4-10H,3H2,1-2H3;1H/b22-16-;. The van der Waals surface area contributed by atoms with Crippen LogP contribution in [0.1, 0.15) is 30.0 Å². The van der Waals surface area contributed by atoms with E-state index in [1.165, 1.54) is 30.3 Å². The molecular formula is C17H16F4N2O3S. The van der Waals surface area contributed by atoms with Crippen LogP contribution < -0.4 is 4.84 Å². The van der Waals surface area contributed by atoms with Gasteiger partial charge in [0.05, 0.1) is 11.3 Å². The van der Waals surface area contributed by atoms with Crippen molar-refractivity contribution < 1.29 is 30.8 Å². The van der Waals surface area contributed by atoms with Gasteiger partial charge < -0.3 is 4.84 Å². The van der Waals surface area contributed by atoms with Crippen molar-refractivity contribution in [1.82, 2.24) is 0 Å². The predicted molar refractivity (Wildman–Crippen MR) is 91.7 cm³/mol. The van der Waals surface area contributed by atoms with E-state index in [-0.39, 0.29) is 23.4 Å². The van der Waals surface area contributed by atoms with Gasteiger partial charge in [0.1, 0.15) is 5.82 Å². The van der Waals surface area contributed by atoms with E-state index in [0.717, 1.165) is 6.07 Å². The highest BCUT2D eigenvalue weighted by Crippen LogP contribution is 2.33. The van der Waals surface area contributed by atoms with Gasteiger partial charge in [-0.3, -0.25) is 0 Å². The van der Waals surface area contributed by atoms with Crippen LogP contribution in [0.3, 0.4) is 0 Å². The van der Waals surface area contributed by atoms with Gasteiger partial charge in [0.25, 0.3) is 0 Å². The smallest absolute Gasteiger partial charge is 0.357 e. The lowest BCUT2D eigenvalue weighted by molar-refractivity contribution is -0.137. The van der Waals surface area contributed by atoms with Gasteiger partial charge in [0.15, 0.2) is 5.75 Å². The topological polar surface area (TPSA) is 79.6 Å². The molecule has 146 valence electrons. The van der Waals surface area contributed by atoms with Crippen molar-refractivity contribution in [3.63, 3.8) is 0 Å². The summed E-state index contributed by atoms with van der Waals surface area (Å²) in [4.78, 5) is 5.12. The monoisotopic (exact) mass is 404 g/mol. The third kappa shape index (κ3) is 7.57. The lowest BCUT2D eigenvalue weighted by Gasteiger charge is -2.14. The Kier molecular flexibility index (Phi) is 8.10. The molecule has 2 aromatic carbocycles. The molecule has 0 aromatic heterocycles. The Morgan fingerprint density at radius 2 is 1.70 bits per heavy atom. The van der Waals surface area contributed by atoms with Gasteiger partial charge in [-0.2, -0.15) is 26.4 Å². The molecular weight excluding hydrogens is 388 g/mol. The Morgan fingerprint density at radius 1 is 1.15 bits per heavy atom. The molecule has 0 aliphatic rings. The molecule has 0 unspecified atom stereocenters. The van der Waals surface area contributed by atoms with Crippen molar-refractivity contribution in [2.75, 3.05) is 0 Å². The average Bonchev–Trinajstić information content (AvgIpc) is 2.56. The van der Waals surface area contributed by atoms with Crippen LogP contribution in [-0.2, 0) is 16.7 Å². The first-order chi connectivity index (χ1) is 12.5. The zero-order valence-electron chi connectivity index (χ0n) is 14.3. The Hall–Kier alpha value is -2.75. The van der Waals surface area contributed by atoms with Gasteiger partial charge in [0.2, 0.25) is 0 Å². The molecule has 0 radical (unpaired) electrons. The number of nitrogens with zero attached hydrogens (tertiary/aromatic N) is 1. The Balaban J connectivity index is 0.000000828. The average molecular weight is 404 g/mol. The van der Waals surface area contributed by atoms with E-state index in [1.54, 1.807) is 19.9 Å². The van der Waals surface area contributed by atoms with E-state index in [2.05, 4.69) is 5.16 Å².